The summed E-state index contributed by atoms with van der Waals surface area (Å²) in [7, 11) is 1.70. The molecule has 2 atom stereocenters. The Morgan fingerprint density at radius 1 is 1.13 bits per heavy atom. The molecule has 0 spiro atoms. The van der Waals surface area contributed by atoms with Crippen molar-refractivity contribution in [1.82, 2.24) is 5.32 Å². The van der Waals surface area contributed by atoms with E-state index in [0.717, 1.165) is 19.6 Å². The SMILES string of the molecule is CCNC(C)C(CC)CCOCCOC. The summed E-state index contributed by atoms with van der Waals surface area (Å²) >= 11 is 0. The smallest absolute Gasteiger partial charge is 0.0700 e. The van der Waals surface area contributed by atoms with Crippen molar-refractivity contribution in [3.8, 4) is 0 Å². The predicted molar refractivity (Wildman–Crippen MR) is 64.2 cm³/mol. The quantitative estimate of drug-likeness (QED) is 0.568. The molecule has 0 saturated carbocycles. The van der Waals surface area contributed by atoms with Gasteiger partial charge in [-0.2, -0.15) is 0 Å². The molecule has 0 aromatic heterocycles. The van der Waals surface area contributed by atoms with Crippen LogP contribution in [0.25, 0.3) is 0 Å². The topological polar surface area (TPSA) is 30.5 Å². The van der Waals surface area contributed by atoms with E-state index in [4.69, 9.17) is 9.47 Å². The normalized spacial score (nSPS) is 15.2. The molecule has 0 radical (unpaired) electrons. The Morgan fingerprint density at radius 3 is 2.40 bits per heavy atom. The number of nitrogens with one attached hydrogen (secondary N) is 1. The predicted octanol–water partition coefficient (Wildman–Crippen LogP) is 2.06. The molecule has 92 valence electrons. The second kappa shape index (κ2) is 10.4. The zero-order chi connectivity index (χ0) is 11.5. The summed E-state index contributed by atoms with van der Waals surface area (Å²) in [6, 6.07) is 0.589. The van der Waals surface area contributed by atoms with E-state index in [1.165, 1.54) is 6.42 Å². The van der Waals surface area contributed by atoms with Crippen LogP contribution in [0.4, 0.5) is 0 Å². The molecular weight excluding hydrogens is 190 g/mol. The van der Waals surface area contributed by atoms with E-state index >= 15 is 0 Å². The van der Waals surface area contributed by atoms with Crippen LogP contribution < -0.4 is 5.32 Å². The average molecular weight is 217 g/mol. The Balaban J connectivity index is 3.51. The standard InChI is InChI=1S/C12H27NO2/c1-5-12(11(3)13-6-2)7-8-15-10-9-14-4/h11-13H,5-10H2,1-4H3. The highest BCUT2D eigenvalue weighted by Crippen LogP contribution is 2.13. The van der Waals surface area contributed by atoms with Crippen LogP contribution in [0.15, 0.2) is 0 Å². The minimum Gasteiger partial charge on any atom is -0.382 e. The van der Waals surface area contributed by atoms with Crippen molar-refractivity contribution in [3.05, 3.63) is 0 Å². The summed E-state index contributed by atoms with van der Waals surface area (Å²) < 4.78 is 10.4. The first-order valence-corrected chi connectivity index (χ1v) is 6.06. The van der Waals surface area contributed by atoms with E-state index in [1.54, 1.807) is 7.11 Å². The van der Waals surface area contributed by atoms with Crippen LogP contribution in [0.1, 0.15) is 33.6 Å². The van der Waals surface area contributed by atoms with Gasteiger partial charge in [0.05, 0.1) is 13.2 Å². The first-order chi connectivity index (χ1) is 7.26. The molecule has 0 aromatic rings. The Bertz CT molecular complexity index is 131. The van der Waals surface area contributed by atoms with Gasteiger partial charge in [-0.15, -0.1) is 0 Å². The molecule has 3 nitrogen and oxygen atoms in total. The summed E-state index contributed by atoms with van der Waals surface area (Å²) in [5.41, 5.74) is 0. The maximum Gasteiger partial charge on any atom is 0.0700 e. The number of ether oxygens (including phenoxy) is 2. The van der Waals surface area contributed by atoms with Gasteiger partial charge in [0.1, 0.15) is 0 Å². The number of hydrogen-bond donors (Lipinski definition) is 1. The minimum atomic E-state index is 0.589. The molecule has 3 heteroatoms. The molecule has 0 aromatic carbocycles. The van der Waals surface area contributed by atoms with Gasteiger partial charge in [0.2, 0.25) is 0 Å². The lowest BCUT2D eigenvalue weighted by Crippen LogP contribution is -2.33. The van der Waals surface area contributed by atoms with Gasteiger partial charge in [-0.05, 0) is 25.8 Å². The molecule has 0 fully saturated rings. The maximum absolute atomic E-state index is 5.48. The summed E-state index contributed by atoms with van der Waals surface area (Å²) in [5, 5.41) is 3.47. The maximum atomic E-state index is 5.48. The Kier molecular flexibility index (Phi) is 10.3. The van der Waals surface area contributed by atoms with Crippen molar-refractivity contribution >= 4 is 0 Å². The van der Waals surface area contributed by atoms with Crippen molar-refractivity contribution in [2.24, 2.45) is 5.92 Å². The zero-order valence-electron chi connectivity index (χ0n) is 10.7. The van der Waals surface area contributed by atoms with Crippen LogP contribution in [0.2, 0.25) is 0 Å². The summed E-state index contributed by atoms with van der Waals surface area (Å²) in [4.78, 5) is 0. The summed E-state index contributed by atoms with van der Waals surface area (Å²) in [6.45, 7) is 9.95. The minimum absolute atomic E-state index is 0.589. The van der Waals surface area contributed by atoms with Gasteiger partial charge in [-0.1, -0.05) is 20.3 Å². The van der Waals surface area contributed by atoms with Crippen molar-refractivity contribution in [2.45, 2.75) is 39.7 Å². The van der Waals surface area contributed by atoms with Gasteiger partial charge in [-0.25, -0.2) is 0 Å². The molecule has 15 heavy (non-hydrogen) atoms. The third kappa shape index (κ3) is 7.77. The van der Waals surface area contributed by atoms with Crippen LogP contribution in [0.3, 0.4) is 0 Å². The zero-order valence-corrected chi connectivity index (χ0v) is 10.7. The lowest BCUT2D eigenvalue weighted by atomic mass is 9.95. The first-order valence-electron chi connectivity index (χ1n) is 6.06. The highest BCUT2D eigenvalue weighted by molar-refractivity contribution is 4.70. The molecule has 0 bridgehead atoms. The van der Waals surface area contributed by atoms with Gasteiger partial charge >= 0.3 is 0 Å². The molecule has 0 rings (SSSR count). The molecule has 2 unspecified atom stereocenters. The molecule has 0 aliphatic heterocycles. The van der Waals surface area contributed by atoms with Crippen molar-refractivity contribution < 1.29 is 9.47 Å². The lowest BCUT2D eigenvalue weighted by Gasteiger charge is -2.23. The second-order valence-corrected chi connectivity index (χ2v) is 3.91. The van der Waals surface area contributed by atoms with Gasteiger partial charge in [0.25, 0.3) is 0 Å². The number of rotatable bonds is 10. The third-order valence-electron chi connectivity index (χ3n) is 2.82. The second-order valence-electron chi connectivity index (χ2n) is 3.91. The van der Waals surface area contributed by atoms with Crippen molar-refractivity contribution in [1.29, 1.82) is 0 Å². The third-order valence-corrected chi connectivity index (χ3v) is 2.82. The average Bonchev–Trinajstić information content (AvgIpc) is 2.23. The fourth-order valence-electron chi connectivity index (χ4n) is 1.78. The number of hydrogen-bond acceptors (Lipinski definition) is 3. The molecule has 0 aliphatic carbocycles. The van der Waals surface area contributed by atoms with E-state index in [0.29, 0.717) is 25.2 Å². The first kappa shape index (κ1) is 14.9. The molecular formula is C12H27NO2. The largest absolute Gasteiger partial charge is 0.382 e. The van der Waals surface area contributed by atoms with E-state index < -0.39 is 0 Å². The summed E-state index contributed by atoms with van der Waals surface area (Å²) in [5.74, 6) is 0.715. The van der Waals surface area contributed by atoms with Gasteiger partial charge in [0, 0.05) is 19.8 Å². The van der Waals surface area contributed by atoms with E-state index in [9.17, 15) is 0 Å². The monoisotopic (exact) mass is 217 g/mol. The van der Waals surface area contributed by atoms with Gasteiger partial charge in [0.15, 0.2) is 0 Å². The van der Waals surface area contributed by atoms with Gasteiger partial charge < -0.3 is 14.8 Å². The van der Waals surface area contributed by atoms with Gasteiger partial charge in [-0.3, -0.25) is 0 Å². The van der Waals surface area contributed by atoms with Crippen LogP contribution in [-0.2, 0) is 9.47 Å². The van der Waals surface area contributed by atoms with Crippen molar-refractivity contribution in [2.75, 3.05) is 33.5 Å². The molecule has 0 saturated heterocycles. The van der Waals surface area contributed by atoms with E-state index in [2.05, 4.69) is 26.1 Å². The number of methoxy groups -OCH3 is 1. The van der Waals surface area contributed by atoms with E-state index in [-0.39, 0.29) is 0 Å². The van der Waals surface area contributed by atoms with Crippen LogP contribution >= 0.6 is 0 Å². The summed E-state index contributed by atoms with van der Waals surface area (Å²) in [6.07, 6.45) is 2.34. The Labute approximate surface area is 94.5 Å². The van der Waals surface area contributed by atoms with Crippen LogP contribution in [0.5, 0.6) is 0 Å². The fourth-order valence-corrected chi connectivity index (χ4v) is 1.78. The Morgan fingerprint density at radius 2 is 1.87 bits per heavy atom. The fraction of sp³-hybridized carbons (Fsp3) is 1.00. The highest BCUT2D eigenvalue weighted by Gasteiger charge is 2.13. The molecule has 0 heterocycles. The van der Waals surface area contributed by atoms with E-state index in [1.807, 2.05) is 0 Å². The van der Waals surface area contributed by atoms with Crippen LogP contribution in [-0.4, -0.2) is 39.5 Å². The molecule has 0 aliphatic rings. The molecule has 1 N–H and O–H groups in total. The van der Waals surface area contributed by atoms with Crippen molar-refractivity contribution in [3.63, 3.8) is 0 Å². The lowest BCUT2D eigenvalue weighted by molar-refractivity contribution is 0.0612. The molecule has 0 amide bonds. The highest BCUT2D eigenvalue weighted by atomic mass is 16.5. The Hall–Kier alpha value is -0.120. The van der Waals surface area contributed by atoms with Crippen LogP contribution in [0, 0.1) is 5.92 Å².